The lowest BCUT2D eigenvalue weighted by Gasteiger charge is -2.30. The number of para-hydroxylation sites is 1. The van der Waals surface area contributed by atoms with Crippen LogP contribution in [-0.4, -0.2) is 135 Å². The number of H-pyrrole nitrogens is 1. The molecular weight excluding hydrogens is 953 g/mol. The Morgan fingerprint density at radius 1 is 0.676 bits per heavy atom. The molecule has 0 saturated carbocycles. The molecule has 1 fully saturated rings. The van der Waals surface area contributed by atoms with E-state index in [9.17, 15) is 53.4 Å². The number of amides is 8. The molecule has 0 spiro atoms. The standard InChI is InChI=1S/C53H78N10O11/c1-9-32(8)46(51(71)59-40(48(68)61-42(53(73)74)23-31(6)7)25-34-27-55-37-14-11-10-13-36(34)37)62-49(69)39(22-30(4)5)58-45(66)28-56-50(70)43-15-12-20-63(43)52(72)41(24-33-16-18-35(64)19-17-33)60-47(67)38(21-29(2)3)57-44(65)26-54/h10-11,13-14,16-19,27,29-32,38-43,46,55,64H,9,12,15,20-26,28,54H2,1-8H3,(H,56,70)(H,57,65)(H,58,66)(H,59,71)(H,60,67)(H,61,68)(H,62,69)(H,73,74)/t32-,38-,39-,40-,41-,42-,43-,46-/m0/s1. The van der Waals surface area contributed by atoms with Crippen LogP contribution >= 0.6 is 0 Å². The normalized spacial score (nSPS) is 16.3. The third-order valence-corrected chi connectivity index (χ3v) is 13.0. The number of carboxylic acids is 1. The lowest BCUT2D eigenvalue weighted by atomic mass is 9.95. The van der Waals surface area contributed by atoms with Crippen LogP contribution in [-0.2, 0) is 56.0 Å². The number of hydrogen-bond donors (Lipinski definition) is 11. The zero-order chi connectivity index (χ0) is 54.8. The number of nitrogens with zero attached hydrogens (tertiary/aromatic N) is 1. The van der Waals surface area contributed by atoms with Gasteiger partial charge in [-0.15, -0.1) is 0 Å². The molecule has 0 unspecified atom stereocenters. The Morgan fingerprint density at radius 2 is 1.23 bits per heavy atom. The number of fused-ring (bicyclic) bond motifs is 1. The molecule has 2 aromatic carbocycles. The maximum Gasteiger partial charge on any atom is 0.326 e. The molecule has 21 heteroatoms. The quantitative estimate of drug-likeness (QED) is 0.0497. The summed E-state index contributed by atoms with van der Waals surface area (Å²) in [6.07, 6.45) is 3.37. The third kappa shape index (κ3) is 17.9. The van der Waals surface area contributed by atoms with E-state index in [4.69, 9.17) is 5.73 Å². The zero-order valence-corrected chi connectivity index (χ0v) is 43.9. The van der Waals surface area contributed by atoms with Crippen LogP contribution in [0.1, 0.15) is 105 Å². The van der Waals surface area contributed by atoms with Crippen molar-refractivity contribution in [1.29, 1.82) is 0 Å². The van der Waals surface area contributed by atoms with Gasteiger partial charge >= 0.3 is 5.97 Å². The number of aromatic hydroxyl groups is 1. The lowest BCUT2D eigenvalue weighted by Crippen LogP contribution is -2.60. The number of aliphatic carboxylic acids is 1. The second kappa shape index (κ2) is 28.4. The van der Waals surface area contributed by atoms with Crippen molar-refractivity contribution in [3.05, 3.63) is 65.9 Å². The van der Waals surface area contributed by atoms with Gasteiger partial charge in [0.2, 0.25) is 47.3 Å². The van der Waals surface area contributed by atoms with E-state index in [0.29, 0.717) is 24.0 Å². The number of rotatable bonds is 28. The maximum atomic E-state index is 14.3. The highest BCUT2D eigenvalue weighted by Crippen LogP contribution is 2.23. The Kier molecular flexibility index (Phi) is 22.9. The Morgan fingerprint density at radius 3 is 1.82 bits per heavy atom. The van der Waals surface area contributed by atoms with Crippen LogP contribution in [0.2, 0.25) is 0 Å². The first-order valence-corrected chi connectivity index (χ1v) is 25.7. The summed E-state index contributed by atoms with van der Waals surface area (Å²) in [5, 5.41) is 39.5. The SMILES string of the molecule is CC[C@H](C)[C@H](NC(=O)[C@H](CC(C)C)NC(=O)CNC(=O)[C@@H]1CCCN1C(=O)[C@H](Cc1ccc(O)cc1)NC(=O)[C@H](CC(C)C)NC(=O)CN)C(=O)N[C@@H](Cc1c[nH]c2ccccc12)C(=O)N[C@@H](CC(C)C)C(=O)O. The monoisotopic (exact) mass is 1030 g/mol. The van der Waals surface area contributed by atoms with Crippen molar-refractivity contribution in [2.45, 2.75) is 149 Å². The number of phenols is 1. The molecule has 12 N–H and O–H groups in total. The summed E-state index contributed by atoms with van der Waals surface area (Å²) in [4.78, 5) is 127. The molecule has 1 saturated heterocycles. The van der Waals surface area contributed by atoms with Gasteiger partial charge in [0.15, 0.2) is 0 Å². The van der Waals surface area contributed by atoms with E-state index >= 15 is 0 Å². The van der Waals surface area contributed by atoms with Crippen molar-refractivity contribution in [2.24, 2.45) is 29.4 Å². The van der Waals surface area contributed by atoms with E-state index in [1.165, 1.54) is 17.0 Å². The summed E-state index contributed by atoms with van der Waals surface area (Å²) in [5.74, 6) is -7.11. The van der Waals surface area contributed by atoms with E-state index in [1.807, 2.05) is 72.7 Å². The van der Waals surface area contributed by atoms with Crippen molar-refractivity contribution < 1.29 is 53.4 Å². The fourth-order valence-electron chi connectivity index (χ4n) is 8.95. The Hall–Kier alpha value is -7.03. The Balaban J connectivity index is 1.48. The molecule has 8 atom stereocenters. The van der Waals surface area contributed by atoms with E-state index < -0.39 is 108 Å². The molecule has 21 nitrogen and oxygen atoms in total. The highest BCUT2D eigenvalue weighted by atomic mass is 16.4. The van der Waals surface area contributed by atoms with Gasteiger partial charge in [0.1, 0.15) is 48.0 Å². The average Bonchev–Trinajstić information content (AvgIpc) is 4.01. The third-order valence-electron chi connectivity index (χ3n) is 13.0. The van der Waals surface area contributed by atoms with Crippen molar-refractivity contribution in [2.75, 3.05) is 19.6 Å². The number of phenolic OH excluding ortho intramolecular Hbond substituents is 1. The zero-order valence-electron chi connectivity index (χ0n) is 43.9. The first-order chi connectivity index (χ1) is 35.0. The van der Waals surface area contributed by atoms with Crippen LogP contribution in [0.5, 0.6) is 5.75 Å². The topological polar surface area (TPSA) is 323 Å². The van der Waals surface area contributed by atoms with Gasteiger partial charge in [-0.2, -0.15) is 0 Å². The van der Waals surface area contributed by atoms with Crippen molar-refractivity contribution in [1.82, 2.24) is 47.1 Å². The number of hydrogen-bond acceptors (Lipinski definition) is 11. The number of nitrogens with one attached hydrogen (secondary N) is 8. The number of nitrogens with two attached hydrogens (primary N) is 1. The average molecular weight is 1030 g/mol. The second-order valence-corrected chi connectivity index (χ2v) is 20.6. The Labute approximate surface area is 433 Å². The minimum atomic E-state index is -1.25. The molecule has 3 aromatic rings. The van der Waals surface area contributed by atoms with E-state index in [2.05, 4.69) is 42.2 Å². The highest BCUT2D eigenvalue weighted by molar-refractivity contribution is 5.98. The van der Waals surface area contributed by atoms with Crippen molar-refractivity contribution in [3.63, 3.8) is 0 Å². The van der Waals surface area contributed by atoms with Crippen LogP contribution in [0.15, 0.2) is 54.7 Å². The van der Waals surface area contributed by atoms with E-state index in [0.717, 1.165) is 10.9 Å². The molecule has 1 aliphatic rings. The first kappa shape index (κ1) is 59.5. The van der Waals surface area contributed by atoms with Gasteiger partial charge in [0.25, 0.3) is 0 Å². The number of benzene rings is 2. The van der Waals surface area contributed by atoms with Crippen molar-refractivity contribution in [3.8, 4) is 5.75 Å². The molecule has 406 valence electrons. The number of aromatic amines is 1. The summed E-state index contributed by atoms with van der Waals surface area (Å²) in [5.41, 5.74) is 7.61. The van der Waals surface area contributed by atoms with Crippen molar-refractivity contribution >= 4 is 64.1 Å². The predicted molar refractivity (Wildman–Crippen MR) is 278 cm³/mol. The van der Waals surface area contributed by atoms with Gasteiger partial charge < -0.3 is 63.0 Å². The molecule has 1 aliphatic heterocycles. The summed E-state index contributed by atoms with van der Waals surface area (Å²) in [6, 6.07) is 5.44. The number of carboxylic acid groups (broad SMARTS) is 1. The number of carbonyl (C=O) groups is 9. The lowest BCUT2D eigenvalue weighted by molar-refractivity contribution is -0.143. The van der Waals surface area contributed by atoms with Crippen LogP contribution in [0.25, 0.3) is 10.9 Å². The molecule has 2 heterocycles. The molecule has 0 aliphatic carbocycles. The van der Waals surface area contributed by atoms with Crippen LogP contribution in [0.3, 0.4) is 0 Å². The van der Waals surface area contributed by atoms with E-state index in [1.54, 1.807) is 25.3 Å². The summed E-state index contributed by atoms with van der Waals surface area (Å²) >= 11 is 0. The van der Waals surface area contributed by atoms with Gasteiger partial charge in [-0.25, -0.2) is 4.79 Å². The smallest absolute Gasteiger partial charge is 0.326 e. The number of carbonyl (C=O) groups excluding carboxylic acids is 8. The predicted octanol–water partition coefficient (Wildman–Crippen LogP) is 1.90. The van der Waals surface area contributed by atoms with Crippen LogP contribution < -0.4 is 43.0 Å². The van der Waals surface area contributed by atoms with Gasteiger partial charge in [-0.3, -0.25) is 38.4 Å². The molecule has 74 heavy (non-hydrogen) atoms. The van der Waals surface area contributed by atoms with Crippen LogP contribution in [0, 0.1) is 23.7 Å². The largest absolute Gasteiger partial charge is 0.508 e. The Bertz CT molecular complexity index is 2420. The summed E-state index contributed by atoms with van der Waals surface area (Å²) < 4.78 is 0. The van der Waals surface area contributed by atoms with Gasteiger partial charge in [-0.05, 0) is 85.1 Å². The summed E-state index contributed by atoms with van der Waals surface area (Å²) in [7, 11) is 0. The minimum Gasteiger partial charge on any atom is -0.508 e. The number of likely N-dealkylation sites (tertiary alicyclic amines) is 1. The second-order valence-electron chi connectivity index (χ2n) is 20.6. The highest BCUT2D eigenvalue weighted by Gasteiger charge is 2.39. The first-order valence-electron chi connectivity index (χ1n) is 25.7. The summed E-state index contributed by atoms with van der Waals surface area (Å²) in [6.45, 7) is 13.9. The fraction of sp³-hybridized carbons (Fsp3) is 0.566. The molecular formula is C53H78N10O11. The van der Waals surface area contributed by atoms with Gasteiger partial charge in [0.05, 0.1) is 13.1 Å². The molecule has 0 bridgehead atoms. The van der Waals surface area contributed by atoms with E-state index in [-0.39, 0.29) is 75.1 Å². The fourth-order valence-corrected chi connectivity index (χ4v) is 8.95. The molecule has 1 aromatic heterocycles. The van der Waals surface area contributed by atoms with Crippen LogP contribution in [0.4, 0.5) is 0 Å². The number of aromatic nitrogens is 1. The molecule has 4 rings (SSSR count). The maximum absolute atomic E-state index is 14.3. The molecule has 8 amide bonds. The van der Waals surface area contributed by atoms with Gasteiger partial charge in [-0.1, -0.05) is 92.1 Å². The van der Waals surface area contributed by atoms with Gasteiger partial charge in [0, 0.05) is 36.5 Å². The minimum absolute atomic E-state index is 0.00182. The molecule has 0 radical (unpaired) electrons.